The third-order valence-corrected chi connectivity index (χ3v) is 3.55. The monoisotopic (exact) mass is 241 g/mol. The minimum Gasteiger partial charge on any atom is -0.350 e. The summed E-state index contributed by atoms with van der Waals surface area (Å²) in [4.78, 5) is 13.9. The van der Waals surface area contributed by atoms with Gasteiger partial charge in [-0.15, -0.1) is 0 Å². The Morgan fingerprint density at radius 3 is 2.47 bits per heavy atom. The van der Waals surface area contributed by atoms with Crippen molar-refractivity contribution < 1.29 is 4.79 Å². The highest BCUT2D eigenvalue weighted by Crippen LogP contribution is 2.22. The first-order valence-corrected chi connectivity index (χ1v) is 6.62. The number of nitrogens with one attached hydrogen (secondary N) is 1. The van der Waals surface area contributed by atoms with Crippen LogP contribution in [0.1, 0.15) is 47.0 Å². The highest BCUT2D eigenvalue weighted by atomic mass is 16.2. The molecule has 3 N–H and O–H groups in total. The van der Waals surface area contributed by atoms with Crippen molar-refractivity contribution in [2.75, 3.05) is 19.6 Å². The summed E-state index contributed by atoms with van der Waals surface area (Å²) in [5.74, 6) is 0.107. The molecule has 1 amide bonds. The van der Waals surface area contributed by atoms with Crippen LogP contribution in [-0.4, -0.2) is 41.5 Å². The van der Waals surface area contributed by atoms with Crippen LogP contribution in [0, 0.1) is 0 Å². The number of likely N-dealkylation sites (tertiary alicyclic amines) is 1. The fourth-order valence-electron chi connectivity index (χ4n) is 2.32. The highest BCUT2D eigenvalue weighted by molar-refractivity contribution is 5.78. The Morgan fingerprint density at radius 2 is 2.00 bits per heavy atom. The summed E-state index contributed by atoms with van der Waals surface area (Å²) in [5.41, 5.74) is 6.01. The van der Waals surface area contributed by atoms with Crippen molar-refractivity contribution in [2.24, 2.45) is 5.73 Å². The average Bonchev–Trinajstić information content (AvgIpc) is 2.14. The molecule has 1 aliphatic heterocycles. The summed E-state index contributed by atoms with van der Waals surface area (Å²) < 4.78 is 0. The fraction of sp³-hybridized carbons (Fsp3) is 0.923. The molecule has 0 aliphatic carbocycles. The van der Waals surface area contributed by atoms with Crippen molar-refractivity contribution >= 4 is 5.91 Å². The van der Waals surface area contributed by atoms with Crippen molar-refractivity contribution in [2.45, 2.75) is 58.0 Å². The van der Waals surface area contributed by atoms with E-state index in [2.05, 4.69) is 24.1 Å². The molecule has 1 saturated heterocycles. The van der Waals surface area contributed by atoms with Gasteiger partial charge in [0, 0.05) is 24.2 Å². The second-order valence-electron chi connectivity index (χ2n) is 6.04. The first-order chi connectivity index (χ1) is 7.80. The van der Waals surface area contributed by atoms with E-state index in [0.29, 0.717) is 6.54 Å². The Kier molecular flexibility index (Phi) is 4.55. The molecular weight excluding hydrogens is 214 g/mol. The number of nitrogens with two attached hydrogens (primary N) is 1. The molecule has 0 saturated carbocycles. The van der Waals surface area contributed by atoms with Gasteiger partial charge in [0.2, 0.25) is 5.91 Å². The molecule has 4 nitrogen and oxygen atoms in total. The minimum atomic E-state index is -0.106. The van der Waals surface area contributed by atoms with E-state index in [1.54, 1.807) is 0 Å². The van der Waals surface area contributed by atoms with Gasteiger partial charge < -0.3 is 11.1 Å². The summed E-state index contributed by atoms with van der Waals surface area (Å²) in [6, 6.07) is 0. The summed E-state index contributed by atoms with van der Waals surface area (Å²) in [6.45, 7) is 10.5. The zero-order valence-electron chi connectivity index (χ0n) is 11.7. The fourth-order valence-corrected chi connectivity index (χ4v) is 2.32. The third kappa shape index (κ3) is 4.28. The number of carbonyl (C=O) groups is 1. The van der Waals surface area contributed by atoms with Gasteiger partial charge >= 0.3 is 0 Å². The topological polar surface area (TPSA) is 58.4 Å². The smallest absolute Gasteiger partial charge is 0.234 e. The molecule has 1 heterocycles. The Morgan fingerprint density at radius 1 is 1.41 bits per heavy atom. The maximum atomic E-state index is 11.8. The lowest BCUT2D eigenvalue weighted by Crippen LogP contribution is -2.68. The Labute approximate surface area is 105 Å². The molecule has 0 bridgehead atoms. The number of hydrogen-bond acceptors (Lipinski definition) is 3. The van der Waals surface area contributed by atoms with E-state index in [4.69, 9.17) is 5.73 Å². The summed E-state index contributed by atoms with van der Waals surface area (Å²) in [5, 5.41) is 3.04. The van der Waals surface area contributed by atoms with Crippen molar-refractivity contribution in [3.63, 3.8) is 0 Å². The van der Waals surface area contributed by atoms with Crippen LogP contribution in [0.25, 0.3) is 0 Å². The lowest BCUT2D eigenvalue weighted by molar-refractivity contribution is -0.125. The maximum absolute atomic E-state index is 11.8. The van der Waals surface area contributed by atoms with Crippen LogP contribution in [0.4, 0.5) is 0 Å². The summed E-state index contributed by atoms with van der Waals surface area (Å²) >= 11 is 0. The van der Waals surface area contributed by atoms with E-state index in [0.717, 1.165) is 32.4 Å². The highest BCUT2D eigenvalue weighted by Gasteiger charge is 2.39. The molecule has 1 aliphatic rings. The maximum Gasteiger partial charge on any atom is 0.234 e. The predicted molar refractivity (Wildman–Crippen MR) is 70.8 cm³/mol. The van der Waals surface area contributed by atoms with Crippen LogP contribution < -0.4 is 11.1 Å². The first-order valence-electron chi connectivity index (χ1n) is 6.62. The van der Waals surface area contributed by atoms with Gasteiger partial charge in [0.25, 0.3) is 0 Å². The number of nitrogens with zero attached hydrogens (tertiary/aromatic N) is 1. The second-order valence-corrected chi connectivity index (χ2v) is 6.04. The van der Waals surface area contributed by atoms with Crippen LogP contribution >= 0.6 is 0 Å². The van der Waals surface area contributed by atoms with E-state index >= 15 is 0 Å². The van der Waals surface area contributed by atoms with Crippen molar-refractivity contribution in [1.29, 1.82) is 0 Å². The van der Waals surface area contributed by atoms with E-state index in [1.165, 1.54) is 0 Å². The Hall–Kier alpha value is -0.610. The molecule has 17 heavy (non-hydrogen) atoms. The molecule has 0 aromatic heterocycles. The normalized spacial score (nSPS) is 19.8. The van der Waals surface area contributed by atoms with Crippen LogP contribution in [0.5, 0.6) is 0 Å². The first kappa shape index (κ1) is 14.5. The van der Waals surface area contributed by atoms with Crippen LogP contribution in [0.3, 0.4) is 0 Å². The van der Waals surface area contributed by atoms with Gasteiger partial charge in [-0.05, 0) is 26.7 Å². The van der Waals surface area contributed by atoms with Crippen LogP contribution in [-0.2, 0) is 4.79 Å². The molecule has 0 radical (unpaired) electrons. The molecular formula is C13H27N3O. The quantitative estimate of drug-likeness (QED) is 0.732. The molecule has 0 aromatic carbocycles. The van der Waals surface area contributed by atoms with E-state index < -0.39 is 0 Å². The summed E-state index contributed by atoms with van der Waals surface area (Å²) in [7, 11) is 0. The van der Waals surface area contributed by atoms with Crippen molar-refractivity contribution in [3.05, 3.63) is 0 Å². The Bertz CT molecular complexity index is 270. The van der Waals surface area contributed by atoms with Crippen molar-refractivity contribution in [1.82, 2.24) is 10.2 Å². The minimum absolute atomic E-state index is 0.0463. The standard InChI is InChI=1S/C13H27N3O/c1-5-7-13(14)9-16(10-13)8-11(17)15-12(3,4)6-2/h5-10,14H2,1-4H3,(H,15,17). The molecule has 0 aromatic rings. The van der Waals surface area contributed by atoms with Gasteiger partial charge in [-0.1, -0.05) is 20.3 Å². The lowest BCUT2D eigenvalue weighted by Gasteiger charge is -2.47. The average molecular weight is 241 g/mol. The zero-order valence-corrected chi connectivity index (χ0v) is 11.7. The largest absolute Gasteiger partial charge is 0.350 e. The van der Waals surface area contributed by atoms with Gasteiger partial charge in [0.15, 0.2) is 0 Å². The molecule has 4 heteroatoms. The molecule has 1 fully saturated rings. The predicted octanol–water partition coefficient (Wildman–Crippen LogP) is 1.10. The number of amides is 1. The lowest BCUT2D eigenvalue weighted by atomic mass is 9.86. The number of carbonyl (C=O) groups excluding carboxylic acids is 1. The van der Waals surface area contributed by atoms with E-state index in [1.807, 2.05) is 13.8 Å². The van der Waals surface area contributed by atoms with Gasteiger partial charge in [0.1, 0.15) is 0 Å². The molecule has 1 rings (SSSR count). The van der Waals surface area contributed by atoms with E-state index in [-0.39, 0.29) is 17.0 Å². The van der Waals surface area contributed by atoms with E-state index in [9.17, 15) is 4.79 Å². The van der Waals surface area contributed by atoms with Gasteiger partial charge in [-0.3, -0.25) is 9.69 Å². The zero-order chi connectivity index (χ0) is 13.1. The molecule has 0 atom stereocenters. The molecule has 100 valence electrons. The number of hydrogen-bond donors (Lipinski definition) is 2. The van der Waals surface area contributed by atoms with Gasteiger partial charge in [-0.25, -0.2) is 0 Å². The van der Waals surface area contributed by atoms with Gasteiger partial charge in [0.05, 0.1) is 6.54 Å². The summed E-state index contributed by atoms with van der Waals surface area (Å²) in [6.07, 6.45) is 3.10. The van der Waals surface area contributed by atoms with Crippen LogP contribution in [0.15, 0.2) is 0 Å². The molecule has 0 spiro atoms. The third-order valence-electron chi connectivity index (χ3n) is 3.55. The number of rotatable bonds is 6. The molecule has 0 unspecified atom stereocenters. The van der Waals surface area contributed by atoms with Gasteiger partial charge in [-0.2, -0.15) is 0 Å². The Balaban J connectivity index is 2.27. The SMILES string of the molecule is CCCC1(N)CN(CC(=O)NC(C)(C)CC)C1. The second kappa shape index (κ2) is 5.36. The van der Waals surface area contributed by atoms with Crippen molar-refractivity contribution in [3.8, 4) is 0 Å². The van der Waals surface area contributed by atoms with Crippen LogP contribution in [0.2, 0.25) is 0 Å².